The van der Waals surface area contributed by atoms with Gasteiger partial charge in [-0.3, -0.25) is 0 Å². The molecule has 2 N–H and O–H groups in total. The zero-order valence-corrected chi connectivity index (χ0v) is 12.2. The molecule has 0 aliphatic rings. The van der Waals surface area contributed by atoms with Gasteiger partial charge >= 0.3 is 0 Å². The highest BCUT2D eigenvalue weighted by atomic mass is 15.1. The molecule has 1 atom stereocenters. The van der Waals surface area contributed by atoms with Crippen LogP contribution in [-0.4, -0.2) is 18.5 Å². The van der Waals surface area contributed by atoms with Crippen LogP contribution in [0.4, 0.5) is 5.69 Å². The minimum atomic E-state index is 0.819. The molecule has 0 radical (unpaired) electrons. The van der Waals surface area contributed by atoms with E-state index in [4.69, 9.17) is 5.73 Å². The van der Waals surface area contributed by atoms with Gasteiger partial charge < -0.3 is 10.6 Å². The number of rotatable bonds is 8. The standard InChI is InChI=1S/C16H28N2/c1-4-6-9-14(5-2)12-18(3)13-15-10-7-8-11-16(15)17/h7-8,10-11,14H,4-6,9,12-13,17H2,1-3H3. The van der Waals surface area contributed by atoms with Gasteiger partial charge in [0.05, 0.1) is 0 Å². The van der Waals surface area contributed by atoms with Crippen LogP contribution in [0, 0.1) is 5.92 Å². The van der Waals surface area contributed by atoms with E-state index >= 15 is 0 Å². The Balaban J connectivity index is 2.45. The topological polar surface area (TPSA) is 29.3 Å². The number of nitrogen functional groups attached to an aromatic ring is 1. The average Bonchev–Trinajstić information content (AvgIpc) is 2.37. The Morgan fingerprint density at radius 1 is 1.22 bits per heavy atom. The minimum absolute atomic E-state index is 0.819. The number of benzene rings is 1. The van der Waals surface area contributed by atoms with Crippen LogP contribution in [0.15, 0.2) is 24.3 Å². The molecule has 0 aliphatic heterocycles. The second-order valence-corrected chi connectivity index (χ2v) is 5.31. The Hall–Kier alpha value is -1.02. The number of anilines is 1. The SMILES string of the molecule is CCCCC(CC)CN(C)Cc1ccccc1N. The van der Waals surface area contributed by atoms with E-state index in [9.17, 15) is 0 Å². The van der Waals surface area contributed by atoms with E-state index in [1.54, 1.807) is 0 Å². The first-order valence-electron chi connectivity index (χ1n) is 7.19. The fourth-order valence-corrected chi connectivity index (χ4v) is 2.39. The van der Waals surface area contributed by atoms with Gasteiger partial charge in [0.1, 0.15) is 0 Å². The van der Waals surface area contributed by atoms with Crippen LogP contribution in [0.2, 0.25) is 0 Å². The molecular weight excluding hydrogens is 220 g/mol. The van der Waals surface area contributed by atoms with Crippen LogP contribution in [0.3, 0.4) is 0 Å². The van der Waals surface area contributed by atoms with Crippen LogP contribution in [0.25, 0.3) is 0 Å². The number of hydrogen-bond donors (Lipinski definition) is 1. The number of nitrogens with zero attached hydrogens (tertiary/aromatic N) is 1. The Labute approximate surface area is 112 Å². The molecule has 2 heteroatoms. The number of hydrogen-bond acceptors (Lipinski definition) is 2. The highest BCUT2D eigenvalue weighted by Crippen LogP contribution is 2.17. The third kappa shape index (κ3) is 5.09. The molecule has 102 valence electrons. The Morgan fingerprint density at radius 3 is 2.56 bits per heavy atom. The molecule has 0 bridgehead atoms. The summed E-state index contributed by atoms with van der Waals surface area (Å²) in [5.41, 5.74) is 8.14. The lowest BCUT2D eigenvalue weighted by Gasteiger charge is -2.23. The molecule has 18 heavy (non-hydrogen) atoms. The smallest absolute Gasteiger partial charge is 0.0359 e. The molecule has 0 spiro atoms. The molecule has 0 aromatic heterocycles. The molecule has 1 aromatic rings. The predicted octanol–water partition coefficient (Wildman–Crippen LogP) is 3.92. The van der Waals surface area contributed by atoms with Gasteiger partial charge in [0, 0.05) is 18.8 Å². The normalized spacial score (nSPS) is 12.9. The van der Waals surface area contributed by atoms with Crippen LogP contribution in [-0.2, 0) is 6.54 Å². The van der Waals surface area contributed by atoms with E-state index in [2.05, 4.69) is 37.9 Å². The number of nitrogens with two attached hydrogens (primary N) is 1. The lowest BCUT2D eigenvalue weighted by Crippen LogP contribution is -2.25. The summed E-state index contributed by atoms with van der Waals surface area (Å²) in [6, 6.07) is 8.17. The van der Waals surface area contributed by atoms with Gasteiger partial charge in [0.15, 0.2) is 0 Å². The second kappa shape index (κ2) is 8.15. The number of para-hydroxylation sites is 1. The van der Waals surface area contributed by atoms with E-state index < -0.39 is 0 Å². The van der Waals surface area contributed by atoms with E-state index in [0.717, 1.165) is 18.2 Å². The highest BCUT2D eigenvalue weighted by Gasteiger charge is 2.10. The fourth-order valence-electron chi connectivity index (χ4n) is 2.39. The first-order chi connectivity index (χ1) is 8.67. The largest absolute Gasteiger partial charge is 0.398 e. The summed E-state index contributed by atoms with van der Waals surface area (Å²) in [7, 11) is 2.20. The van der Waals surface area contributed by atoms with E-state index in [-0.39, 0.29) is 0 Å². The quantitative estimate of drug-likeness (QED) is 0.707. The summed E-state index contributed by atoms with van der Waals surface area (Å²) in [6.07, 6.45) is 5.27. The van der Waals surface area contributed by atoms with Gasteiger partial charge in [-0.25, -0.2) is 0 Å². The molecule has 0 amide bonds. The summed E-state index contributed by atoms with van der Waals surface area (Å²) in [4.78, 5) is 2.40. The van der Waals surface area contributed by atoms with Gasteiger partial charge in [-0.15, -0.1) is 0 Å². The monoisotopic (exact) mass is 248 g/mol. The van der Waals surface area contributed by atoms with Crippen LogP contribution in [0.1, 0.15) is 45.1 Å². The van der Waals surface area contributed by atoms with E-state index in [1.165, 1.54) is 37.8 Å². The fraction of sp³-hybridized carbons (Fsp3) is 0.625. The summed E-state index contributed by atoms with van der Waals surface area (Å²) in [6.45, 7) is 6.69. The summed E-state index contributed by atoms with van der Waals surface area (Å²) >= 11 is 0. The van der Waals surface area contributed by atoms with Crippen molar-refractivity contribution in [2.24, 2.45) is 5.92 Å². The van der Waals surface area contributed by atoms with Crippen molar-refractivity contribution in [3.8, 4) is 0 Å². The highest BCUT2D eigenvalue weighted by molar-refractivity contribution is 5.46. The first kappa shape index (κ1) is 15.0. The van der Waals surface area contributed by atoms with Gasteiger partial charge in [0.25, 0.3) is 0 Å². The maximum Gasteiger partial charge on any atom is 0.0359 e. The minimum Gasteiger partial charge on any atom is -0.398 e. The summed E-state index contributed by atoms with van der Waals surface area (Å²) < 4.78 is 0. The van der Waals surface area contributed by atoms with Crippen molar-refractivity contribution in [1.82, 2.24) is 4.90 Å². The third-order valence-corrected chi connectivity index (χ3v) is 3.61. The van der Waals surface area contributed by atoms with Gasteiger partial charge in [-0.05, 0) is 31.0 Å². The molecule has 1 rings (SSSR count). The third-order valence-electron chi connectivity index (χ3n) is 3.61. The van der Waals surface area contributed by atoms with Crippen molar-refractivity contribution in [3.05, 3.63) is 29.8 Å². The first-order valence-corrected chi connectivity index (χ1v) is 7.19. The second-order valence-electron chi connectivity index (χ2n) is 5.31. The van der Waals surface area contributed by atoms with Crippen molar-refractivity contribution >= 4 is 5.69 Å². The van der Waals surface area contributed by atoms with Crippen molar-refractivity contribution in [3.63, 3.8) is 0 Å². The van der Waals surface area contributed by atoms with Crippen LogP contribution in [0.5, 0.6) is 0 Å². The molecule has 1 unspecified atom stereocenters. The average molecular weight is 248 g/mol. The zero-order chi connectivity index (χ0) is 13.4. The van der Waals surface area contributed by atoms with Crippen LogP contribution >= 0.6 is 0 Å². The lowest BCUT2D eigenvalue weighted by molar-refractivity contribution is 0.253. The molecule has 0 saturated carbocycles. The van der Waals surface area contributed by atoms with Crippen molar-refractivity contribution in [1.29, 1.82) is 0 Å². The molecule has 0 heterocycles. The van der Waals surface area contributed by atoms with Gasteiger partial charge in [0.2, 0.25) is 0 Å². The van der Waals surface area contributed by atoms with Crippen LogP contribution < -0.4 is 5.73 Å². The molecule has 0 aliphatic carbocycles. The van der Waals surface area contributed by atoms with E-state index in [1.807, 2.05) is 12.1 Å². The van der Waals surface area contributed by atoms with Crippen molar-refractivity contribution in [2.45, 2.75) is 46.1 Å². The maximum absolute atomic E-state index is 5.99. The number of unbranched alkanes of at least 4 members (excludes halogenated alkanes) is 1. The van der Waals surface area contributed by atoms with Gasteiger partial charge in [-0.2, -0.15) is 0 Å². The predicted molar refractivity (Wildman–Crippen MR) is 80.5 cm³/mol. The molecule has 2 nitrogen and oxygen atoms in total. The molecule has 0 saturated heterocycles. The zero-order valence-electron chi connectivity index (χ0n) is 12.2. The molecule has 1 aromatic carbocycles. The Bertz CT molecular complexity index is 336. The Kier molecular flexibility index (Phi) is 6.81. The van der Waals surface area contributed by atoms with Crippen molar-refractivity contribution < 1.29 is 0 Å². The summed E-state index contributed by atoms with van der Waals surface area (Å²) in [5.74, 6) is 0.819. The van der Waals surface area contributed by atoms with Crippen molar-refractivity contribution in [2.75, 3.05) is 19.3 Å². The molecule has 0 fully saturated rings. The van der Waals surface area contributed by atoms with E-state index in [0.29, 0.717) is 0 Å². The summed E-state index contributed by atoms with van der Waals surface area (Å²) in [5, 5.41) is 0. The lowest BCUT2D eigenvalue weighted by atomic mass is 9.98. The maximum atomic E-state index is 5.99. The Morgan fingerprint density at radius 2 is 1.94 bits per heavy atom. The molecular formula is C16H28N2. The van der Waals surface area contributed by atoms with Gasteiger partial charge in [-0.1, -0.05) is 51.3 Å².